The van der Waals surface area contributed by atoms with Gasteiger partial charge in [-0.15, -0.1) is 0 Å². The van der Waals surface area contributed by atoms with Gasteiger partial charge in [0.1, 0.15) is 10.1 Å². The van der Waals surface area contributed by atoms with E-state index in [0.29, 0.717) is 32.4 Å². The lowest BCUT2D eigenvalue weighted by atomic mass is 10.2. The number of carbonyl (C=O) groups excluding carboxylic acids is 1. The predicted molar refractivity (Wildman–Crippen MR) is 131 cm³/mol. The zero-order valence-electron chi connectivity index (χ0n) is 16.4. The van der Waals surface area contributed by atoms with Crippen LogP contribution in [0.5, 0.6) is 0 Å². The summed E-state index contributed by atoms with van der Waals surface area (Å²) in [6.45, 7) is 3.15. The molecule has 0 spiro atoms. The summed E-state index contributed by atoms with van der Waals surface area (Å²) in [6, 6.07) is 14.0. The number of allylic oxidation sites excluding steroid dienone is 2. The van der Waals surface area contributed by atoms with Gasteiger partial charge in [-0.2, -0.15) is 0 Å². The zero-order chi connectivity index (χ0) is 21.4. The van der Waals surface area contributed by atoms with Gasteiger partial charge in [0.05, 0.1) is 26.3 Å². The third-order valence-electron chi connectivity index (χ3n) is 5.05. The molecule has 4 nitrogen and oxygen atoms in total. The Labute approximate surface area is 195 Å². The fraction of sp³-hybridized carbons (Fsp3) is 0.182. The second-order valence-electron chi connectivity index (χ2n) is 6.86. The van der Waals surface area contributed by atoms with E-state index in [1.165, 1.54) is 11.8 Å². The van der Waals surface area contributed by atoms with Crippen LogP contribution in [0.15, 0.2) is 65.3 Å². The Morgan fingerprint density at radius 2 is 1.70 bits per heavy atom. The first kappa shape index (κ1) is 21.2. The minimum absolute atomic E-state index is 0.0526. The van der Waals surface area contributed by atoms with Gasteiger partial charge in [0.2, 0.25) is 0 Å². The van der Waals surface area contributed by atoms with E-state index in [1.54, 1.807) is 4.90 Å². The number of thiocarbonyl (C=S) groups is 1. The molecule has 0 bridgehead atoms. The molecular weight excluding hydrogens is 457 g/mol. The number of hydrogen-bond acceptors (Lipinski definition) is 5. The van der Waals surface area contributed by atoms with Gasteiger partial charge in [-0.3, -0.25) is 9.69 Å². The molecule has 0 aliphatic carbocycles. The van der Waals surface area contributed by atoms with Crippen molar-refractivity contribution in [3.63, 3.8) is 0 Å². The molecule has 1 fully saturated rings. The number of benzene rings is 2. The van der Waals surface area contributed by atoms with E-state index < -0.39 is 0 Å². The van der Waals surface area contributed by atoms with Gasteiger partial charge in [-0.1, -0.05) is 77.5 Å². The van der Waals surface area contributed by atoms with E-state index in [1.807, 2.05) is 56.5 Å². The molecule has 4 rings (SSSR count). The van der Waals surface area contributed by atoms with E-state index in [0.717, 1.165) is 22.8 Å². The number of halogens is 2. The molecule has 2 heterocycles. The van der Waals surface area contributed by atoms with Crippen molar-refractivity contribution in [1.82, 2.24) is 4.90 Å². The summed E-state index contributed by atoms with van der Waals surface area (Å²) in [5, 5.41) is 1.01. The molecule has 2 aliphatic rings. The Kier molecular flexibility index (Phi) is 6.11. The van der Waals surface area contributed by atoms with Crippen LogP contribution in [0.2, 0.25) is 10.0 Å². The van der Waals surface area contributed by atoms with E-state index in [2.05, 4.69) is 21.9 Å². The SMILES string of the molecule is CCN1C(=O)/C(=C/C=C2/N(C)c3cc(Cl)c(Cl)cc3N2Cc2ccccc2)SC1=S. The Balaban J connectivity index is 1.75. The van der Waals surface area contributed by atoms with Crippen molar-refractivity contribution >= 4 is 68.8 Å². The molecule has 154 valence electrons. The fourth-order valence-corrected chi connectivity index (χ4v) is 5.15. The van der Waals surface area contributed by atoms with Crippen LogP contribution >= 0.6 is 47.2 Å². The largest absolute Gasteiger partial charge is 0.329 e. The van der Waals surface area contributed by atoms with Gasteiger partial charge >= 0.3 is 0 Å². The number of fused-ring (bicyclic) bond motifs is 1. The molecule has 1 saturated heterocycles. The van der Waals surface area contributed by atoms with Gasteiger partial charge < -0.3 is 9.80 Å². The van der Waals surface area contributed by atoms with E-state index >= 15 is 0 Å². The van der Waals surface area contributed by atoms with Crippen LogP contribution < -0.4 is 9.80 Å². The Bertz CT molecular complexity index is 1090. The minimum atomic E-state index is -0.0526. The van der Waals surface area contributed by atoms with Crippen LogP contribution in [0, 0.1) is 0 Å². The van der Waals surface area contributed by atoms with Crippen molar-refractivity contribution in [2.45, 2.75) is 13.5 Å². The highest BCUT2D eigenvalue weighted by molar-refractivity contribution is 8.26. The maximum absolute atomic E-state index is 12.6. The predicted octanol–water partition coefficient (Wildman–Crippen LogP) is 6.06. The van der Waals surface area contributed by atoms with Crippen molar-refractivity contribution in [2.75, 3.05) is 23.4 Å². The van der Waals surface area contributed by atoms with Crippen molar-refractivity contribution in [3.8, 4) is 0 Å². The molecule has 0 aromatic heterocycles. The molecule has 0 unspecified atom stereocenters. The normalized spacial score (nSPS) is 18.9. The first-order valence-corrected chi connectivity index (χ1v) is 11.4. The number of hydrogen-bond donors (Lipinski definition) is 0. The Hall–Kier alpha value is -1.99. The molecule has 0 saturated carbocycles. The number of amides is 1. The van der Waals surface area contributed by atoms with Crippen LogP contribution in [-0.2, 0) is 11.3 Å². The van der Waals surface area contributed by atoms with Crippen molar-refractivity contribution in [3.05, 3.63) is 81.0 Å². The first-order valence-electron chi connectivity index (χ1n) is 9.40. The lowest BCUT2D eigenvalue weighted by molar-refractivity contribution is -0.122. The molecule has 2 aromatic carbocycles. The average Bonchev–Trinajstić information content (AvgIpc) is 3.14. The summed E-state index contributed by atoms with van der Waals surface area (Å²) in [7, 11) is 1.98. The number of thioether (sulfide) groups is 1. The highest BCUT2D eigenvalue weighted by atomic mass is 35.5. The van der Waals surface area contributed by atoms with Gasteiger partial charge in [-0.25, -0.2) is 0 Å². The van der Waals surface area contributed by atoms with Crippen LogP contribution in [0.3, 0.4) is 0 Å². The molecule has 2 aromatic rings. The average molecular weight is 476 g/mol. The van der Waals surface area contributed by atoms with Crippen molar-refractivity contribution in [2.24, 2.45) is 0 Å². The summed E-state index contributed by atoms with van der Waals surface area (Å²) in [4.78, 5) is 19.0. The minimum Gasteiger partial charge on any atom is -0.329 e. The second-order valence-corrected chi connectivity index (χ2v) is 9.35. The fourth-order valence-electron chi connectivity index (χ4n) is 3.51. The van der Waals surface area contributed by atoms with Crippen LogP contribution in [0.4, 0.5) is 11.4 Å². The standard InChI is InChI=1S/C22H19Cl2N3OS2/c1-3-26-21(28)19(30-22(26)29)9-10-20-25(2)17-11-15(23)16(24)12-18(17)27(20)13-14-7-5-4-6-8-14/h4-12H,3,13H2,1-2H3/b19-9-,20-10-. The molecule has 2 aliphatic heterocycles. The van der Waals surface area contributed by atoms with Gasteiger partial charge in [0.15, 0.2) is 0 Å². The van der Waals surface area contributed by atoms with Crippen LogP contribution in [-0.4, -0.2) is 28.7 Å². The van der Waals surface area contributed by atoms with E-state index in [9.17, 15) is 4.79 Å². The quantitative estimate of drug-likeness (QED) is 0.395. The van der Waals surface area contributed by atoms with Crippen LogP contribution in [0.1, 0.15) is 12.5 Å². The number of carbonyl (C=O) groups is 1. The molecule has 0 N–H and O–H groups in total. The van der Waals surface area contributed by atoms with E-state index in [-0.39, 0.29) is 5.91 Å². The smallest absolute Gasteiger partial charge is 0.266 e. The third-order valence-corrected chi connectivity index (χ3v) is 7.17. The number of anilines is 2. The molecule has 0 atom stereocenters. The molecule has 0 radical (unpaired) electrons. The molecule has 8 heteroatoms. The summed E-state index contributed by atoms with van der Waals surface area (Å²) >= 11 is 19.3. The molecule has 1 amide bonds. The first-order chi connectivity index (χ1) is 14.4. The van der Waals surface area contributed by atoms with Crippen LogP contribution in [0.25, 0.3) is 0 Å². The second kappa shape index (κ2) is 8.63. The van der Waals surface area contributed by atoms with Crippen molar-refractivity contribution in [1.29, 1.82) is 0 Å². The van der Waals surface area contributed by atoms with Gasteiger partial charge in [0, 0.05) is 20.1 Å². The van der Waals surface area contributed by atoms with E-state index in [4.69, 9.17) is 35.4 Å². The summed E-state index contributed by atoms with van der Waals surface area (Å²) in [5.41, 5.74) is 3.09. The summed E-state index contributed by atoms with van der Waals surface area (Å²) < 4.78 is 0.593. The third kappa shape index (κ3) is 3.85. The maximum atomic E-state index is 12.6. The highest BCUT2D eigenvalue weighted by Gasteiger charge is 2.32. The number of nitrogens with zero attached hydrogens (tertiary/aromatic N) is 3. The Morgan fingerprint density at radius 1 is 1.03 bits per heavy atom. The van der Waals surface area contributed by atoms with Gasteiger partial charge in [0.25, 0.3) is 5.91 Å². The maximum Gasteiger partial charge on any atom is 0.266 e. The zero-order valence-corrected chi connectivity index (χ0v) is 19.6. The lowest BCUT2D eigenvalue weighted by Crippen LogP contribution is -2.27. The monoisotopic (exact) mass is 475 g/mol. The number of likely N-dealkylation sites (N-methyl/N-ethyl adjacent to an activating group) is 1. The highest BCUT2D eigenvalue weighted by Crippen LogP contribution is 2.45. The summed E-state index contributed by atoms with van der Waals surface area (Å²) in [5.74, 6) is 0.872. The Morgan fingerprint density at radius 3 is 2.33 bits per heavy atom. The van der Waals surface area contributed by atoms with Crippen molar-refractivity contribution < 1.29 is 4.79 Å². The topological polar surface area (TPSA) is 26.8 Å². The lowest BCUT2D eigenvalue weighted by Gasteiger charge is -2.23. The number of rotatable bonds is 4. The molecular formula is C22H19Cl2N3OS2. The molecule has 30 heavy (non-hydrogen) atoms. The van der Waals surface area contributed by atoms with Gasteiger partial charge in [-0.05, 0) is 36.8 Å². The summed E-state index contributed by atoms with van der Waals surface area (Å²) in [6.07, 6.45) is 3.79.